The fourth-order valence-electron chi connectivity index (χ4n) is 2.33. The number of piperazine rings is 1. The van der Waals surface area contributed by atoms with Gasteiger partial charge in [0, 0.05) is 32.4 Å². The van der Waals surface area contributed by atoms with Gasteiger partial charge in [0.2, 0.25) is 0 Å². The number of rotatable bonds is 2. The van der Waals surface area contributed by atoms with Crippen molar-refractivity contribution in [3.05, 3.63) is 45.4 Å². The standard InChI is InChI=1S/C14H14ClN3O2S/c15-10-8-11(16-9-10)13(19)17-3-5-18(6-4-17)14(20)12-2-1-7-21-12/h1-2,7-9,16H,3-6H2. The number of carbonyl (C=O) groups is 2. The highest BCUT2D eigenvalue weighted by molar-refractivity contribution is 7.12. The molecule has 0 aliphatic carbocycles. The summed E-state index contributed by atoms with van der Waals surface area (Å²) >= 11 is 7.25. The summed E-state index contributed by atoms with van der Waals surface area (Å²) in [6, 6.07) is 5.31. The highest BCUT2D eigenvalue weighted by Crippen LogP contribution is 2.16. The maximum atomic E-state index is 12.3. The SMILES string of the molecule is O=C(c1cc(Cl)c[nH]1)N1CCN(C(=O)c2cccs2)CC1. The van der Waals surface area contributed by atoms with Gasteiger partial charge in [-0.3, -0.25) is 9.59 Å². The van der Waals surface area contributed by atoms with Crippen molar-refractivity contribution in [1.29, 1.82) is 0 Å². The van der Waals surface area contributed by atoms with E-state index in [9.17, 15) is 9.59 Å². The molecule has 21 heavy (non-hydrogen) atoms. The lowest BCUT2D eigenvalue weighted by Crippen LogP contribution is -2.50. The molecule has 2 amide bonds. The highest BCUT2D eigenvalue weighted by atomic mass is 35.5. The normalized spacial score (nSPS) is 15.3. The van der Waals surface area contributed by atoms with Crippen molar-refractivity contribution < 1.29 is 9.59 Å². The summed E-state index contributed by atoms with van der Waals surface area (Å²) < 4.78 is 0. The molecule has 110 valence electrons. The molecule has 0 unspecified atom stereocenters. The van der Waals surface area contributed by atoms with Crippen LogP contribution in [0.25, 0.3) is 0 Å². The van der Waals surface area contributed by atoms with Gasteiger partial charge in [-0.15, -0.1) is 11.3 Å². The molecule has 1 aliphatic rings. The third kappa shape index (κ3) is 2.96. The number of aromatic amines is 1. The Bertz CT molecular complexity index is 645. The zero-order valence-corrected chi connectivity index (χ0v) is 12.8. The zero-order chi connectivity index (χ0) is 14.8. The number of thiophene rings is 1. The fourth-order valence-corrected chi connectivity index (χ4v) is 3.18. The predicted molar refractivity (Wildman–Crippen MR) is 81.9 cm³/mol. The molecule has 0 saturated carbocycles. The second-order valence-corrected chi connectivity index (χ2v) is 6.18. The number of amides is 2. The molecule has 1 fully saturated rings. The first-order valence-corrected chi connectivity index (χ1v) is 7.87. The topological polar surface area (TPSA) is 56.4 Å². The summed E-state index contributed by atoms with van der Waals surface area (Å²) in [5.74, 6) is -0.0369. The largest absolute Gasteiger partial charge is 0.356 e. The van der Waals surface area contributed by atoms with Crippen LogP contribution < -0.4 is 0 Å². The van der Waals surface area contributed by atoms with E-state index in [4.69, 9.17) is 11.6 Å². The number of carbonyl (C=O) groups excluding carboxylic acids is 2. The summed E-state index contributed by atoms with van der Waals surface area (Å²) in [5.41, 5.74) is 0.484. The molecule has 2 aromatic rings. The molecule has 3 heterocycles. The molecular weight excluding hydrogens is 310 g/mol. The molecule has 0 atom stereocenters. The maximum Gasteiger partial charge on any atom is 0.270 e. The van der Waals surface area contributed by atoms with Crippen LogP contribution in [0.3, 0.4) is 0 Å². The van der Waals surface area contributed by atoms with E-state index in [1.807, 2.05) is 17.5 Å². The number of nitrogens with one attached hydrogen (secondary N) is 1. The number of hydrogen-bond acceptors (Lipinski definition) is 3. The van der Waals surface area contributed by atoms with E-state index < -0.39 is 0 Å². The summed E-state index contributed by atoms with van der Waals surface area (Å²) in [6.45, 7) is 2.17. The summed E-state index contributed by atoms with van der Waals surface area (Å²) in [5, 5.41) is 2.41. The highest BCUT2D eigenvalue weighted by Gasteiger charge is 2.26. The Morgan fingerprint density at radius 3 is 2.33 bits per heavy atom. The fraction of sp³-hybridized carbons (Fsp3) is 0.286. The van der Waals surface area contributed by atoms with Crippen LogP contribution in [0, 0.1) is 0 Å². The van der Waals surface area contributed by atoms with E-state index >= 15 is 0 Å². The predicted octanol–water partition coefficient (Wildman–Crippen LogP) is 2.33. The van der Waals surface area contributed by atoms with Gasteiger partial charge in [0.05, 0.1) is 9.90 Å². The Hall–Kier alpha value is -1.79. The average Bonchev–Trinajstić information content (AvgIpc) is 3.17. The first-order chi connectivity index (χ1) is 10.1. The van der Waals surface area contributed by atoms with Crippen LogP contribution in [0.15, 0.2) is 29.8 Å². The zero-order valence-electron chi connectivity index (χ0n) is 11.2. The molecule has 1 saturated heterocycles. The van der Waals surface area contributed by atoms with E-state index in [-0.39, 0.29) is 11.8 Å². The number of halogens is 1. The summed E-state index contributed by atoms with van der Waals surface area (Å²) in [7, 11) is 0. The maximum absolute atomic E-state index is 12.3. The summed E-state index contributed by atoms with van der Waals surface area (Å²) in [4.78, 5) is 31.6. The Labute approximate surface area is 131 Å². The molecule has 0 aromatic carbocycles. The van der Waals surface area contributed by atoms with Crippen molar-refractivity contribution in [3.63, 3.8) is 0 Å². The second-order valence-electron chi connectivity index (χ2n) is 4.79. The first-order valence-electron chi connectivity index (χ1n) is 6.61. The minimum absolute atomic E-state index is 0.0417. The van der Waals surface area contributed by atoms with E-state index in [2.05, 4.69) is 4.98 Å². The van der Waals surface area contributed by atoms with Crippen LogP contribution in [-0.4, -0.2) is 52.8 Å². The van der Waals surface area contributed by atoms with Crippen molar-refractivity contribution in [2.75, 3.05) is 26.2 Å². The van der Waals surface area contributed by atoms with Crippen LogP contribution in [-0.2, 0) is 0 Å². The Morgan fingerprint density at radius 1 is 1.14 bits per heavy atom. The molecule has 0 radical (unpaired) electrons. The monoisotopic (exact) mass is 323 g/mol. The third-order valence-electron chi connectivity index (χ3n) is 3.46. The number of aromatic nitrogens is 1. The van der Waals surface area contributed by atoms with Gasteiger partial charge in [0.25, 0.3) is 11.8 Å². The Morgan fingerprint density at radius 2 is 1.81 bits per heavy atom. The molecule has 1 aliphatic heterocycles. The lowest BCUT2D eigenvalue weighted by molar-refractivity contribution is 0.0535. The molecule has 7 heteroatoms. The van der Waals surface area contributed by atoms with Crippen molar-refractivity contribution in [3.8, 4) is 0 Å². The van der Waals surface area contributed by atoms with E-state index in [1.165, 1.54) is 11.3 Å². The summed E-state index contributed by atoms with van der Waals surface area (Å²) in [6.07, 6.45) is 1.59. The minimum Gasteiger partial charge on any atom is -0.356 e. The van der Waals surface area contributed by atoms with Gasteiger partial charge in [0.1, 0.15) is 5.69 Å². The average molecular weight is 324 g/mol. The van der Waals surface area contributed by atoms with Gasteiger partial charge < -0.3 is 14.8 Å². The molecule has 3 rings (SSSR count). The molecule has 2 aromatic heterocycles. The number of H-pyrrole nitrogens is 1. The number of nitrogens with zero attached hydrogens (tertiary/aromatic N) is 2. The van der Waals surface area contributed by atoms with Gasteiger partial charge in [-0.25, -0.2) is 0 Å². The first kappa shape index (κ1) is 14.2. The molecule has 5 nitrogen and oxygen atoms in total. The van der Waals surface area contributed by atoms with Crippen LogP contribution in [0.4, 0.5) is 0 Å². The van der Waals surface area contributed by atoms with E-state index in [0.717, 1.165) is 4.88 Å². The van der Waals surface area contributed by atoms with Gasteiger partial charge >= 0.3 is 0 Å². The van der Waals surface area contributed by atoms with Crippen LogP contribution in [0.1, 0.15) is 20.2 Å². The van der Waals surface area contributed by atoms with Crippen molar-refractivity contribution >= 4 is 34.8 Å². The third-order valence-corrected chi connectivity index (χ3v) is 4.54. The van der Waals surface area contributed by atoms with Crippen molar-refractivity contribution in [2.24, 2.45) is 0 Å². The number of hydrogen-bond donors (Lipinski definition) is 1. The van der Waals surface area contributed by atoms with E-state index in [0.29, 0.717) is 36.9 Å². The van der Waals surface area contributed by atoms with Crippen LogP contribution in [0.2, 0.25) is 5.02 Å². The van der Waals surface area contributed by atoms with Gasteiger partial charge in [0.15, 0.2) is 0 Å². The van der Waals surface area contributed by atoms with Crippen molar-refractivity contribution in [1.82, 2.24) is 14.8 Å². The minimum atomic E-state index is -0.0786. The van der Waals surface area contributed by atoms with Gasteiger partial charge in [-0.2, -0.15) is 0 Å². The second kappa shape index (κ2) is 5.91. The molecular formula is C14H14ClN3O2S. The van der Waals surface area contributed by atoms with E-state index in [1.54, 1.807) is 22.1 Å². The quantitative estimate of drug-likeness (QED) is 0.922. The van der Waals surface area contributed by atoms with Crippen molar-refractivity contribution in [2.45, 2.75) is 0 Å². The lowest BCUT2D eigenvalue weighted by Gasteiger charge is -2.34. The van der Waals surface area contributed by atoms with Crippen LogP contribution >= 0.6 is 22.9 Å². The smallest absolute Gasteiger partial charge is 0.270 e. The lowest BCUT2D eigenvalue weighted by atomic mass is 10.2. The molecule has 0 spiro atoms. The Balaban J connectivity index is 1.60. The van der Waals surface area contributed by atoms with Gasteiger partial charge in [-0.05, 0) is 17.5 Å². The molecule has 1 N–H and O–H groups in total. The molecule has 0 bridgehead atoms. The Kier molecular flexibility index (Phi) is 3.98. The van der Waals surface area contributed by atoms with Crippen LogP contribution in [0.5, 0.6) is 0 Å². The van der Waals surface area contributed by atoms with Gasteiger partial charge in [-0.1, -0.05) is 17.7 Å².